The van der Waals surface area contributed by atoms with Crippen LogP contribution in [0.2, 0.25) is 0 Å². The number of amides is 1. The Morgan fingerprint density at radius 1 is 1.12 bits per heavy atom. The van der Waals surface area contributed by atoms with Gasteiger partial charge in [0.05, 0.1) is 17.1 Å². The van der Waals surface area contributed by atoms with Crippen molar-refractivity contribution in [2.75, 3.05) is 0 Å². The zero-order valence-corrected chi connectivity index (χ0v) is 15.3. The SMILES string of the molecule is Cc1ccc(C)c(C(=O)CCC(=O)NC(C)c2nc3ccccc3[nH]2)c1. The Bertz CT molecular complexity index is 926. The highest BCUT2D eigenvalue weighted by Gasteiger charge is 2.16. The number of ketones is 1. The smallest absolute Gasteiger partial charge is 0.221 e. The topological polar surface area (TPSA) is 74.8 Å². The number of para-hydroxylation sites is 2. The molecule has 0 saturated heterocycles. The third kappa shape index (κ3) is 3.99. The molecule has 0 aliphatic rings. The fourth-order valence-corrected chi connectivity index (χ4v) is 2.96. The molecule has 0 aliphatic carbocycles. The summed E-state index contributed by atoms with van der Waals surface area (Å²) in [6.07, 6.45) is 0.361. The Morgan fingerprint density at radius 2 is 1.88 bits per heavy atom. The van der Waals surface area contributed by atoms with Gasteiger partial charge in [0.15, 0.2) is 5.78 Å². The summed E-state index contributed by atoms with van der Waals surface area (Å²) in [5.41, 5.74) is 4.49. The number of benzene rings is 2. The van der Waals surface area contributed by atoms with Crippen LogP contribution in [0, 0.1) is 13.8 Å². The molecule has 1 unspecified atom stereocenters. The third-order valence-corrected chi connectivity index (χ3v) is 4.47. The molecule has 5 heteroatoms. The molecule has 0 bridgehead atoms. The molecule has 26 heavy (non-hydrogen) atoms. The van der Waals surface area contributed by atoms with E-state index in [1.165, 1.54) is 0 Å². The van der Waals surface area contributed by atoms with E-state index in [9.17, 15) is 9.59 Å². The molecule has 0 aliphatic heterocycles. The van der Waals surface area contributed by atoms with E-state index in [0.29, 0.717) is 11.4 Å². The fourth-order valence-electron chi connectivity index (χ4n) is 2.96. The van der Waals surface area contributed by atoms with Gasteiger partial charge in [-0.2, -0.15) is 0 Å². The highest BCUT2D eigenvalue weighted by Crippen LogP contribution is 2.17. The number of hydrogen-bond donors (Lipinski definition) is 2. The second kappa shape index (κ2) is 7.52. The van der Waals surface area contributed by atoms with Crippen LogP contribution in [-0.4, -0.2) is 21.7 Å². The quantitative estimate of drug-likeness (QED) is 0.660. The van der Waals surface area contributed by atoms with Crippen LogP contribution < -0.4 is 5.32 Å². The molecule has 2 aromatic carbocycles. The van der Waals surface area contributed by atoms with Gasteiger partial charge in [0.2, 0.25) is 5.91 Å². The lowest BCUT2D eigenvalue weighted by Gasteiger charge is -2.11. The van der Waals surface area contributed by atoms with Gasteiger partial charge < -0.3 is 10.3 Å². The van der Waals surface area contributed by atoms with Crippen molar-refractivity contribution in [3.8, 4) is 0 Å². The number of rotatable bonds is 6. The molecule has 1 amide bonds. The van der Waals surface area contributed by atoms with Crippen LogP contribution in [-0.2, 0) is 4.79 Å². The number of nitrogens with one attached hydrogen (secondary N) is 2. The minimum Gasteiger partial charge on any atom is -0.346 e. The number of H-pyrrole nitrogens is 1. The average Bonchev–Trinajstić information content (AvgIpc) is 3.06. The Hall–Kier alpha value is -2.95. The molecular formula is C21H23N3O2. The minimum absolute atomic E-state index is 0.00209. The number of carbonyl (C=O) groups is 2. The number of Topliss-reactive ketones (excluding diaryl/α,β-unsaturated/α-hetero) is 1. The molecule has 0 fully saturated rings. The Kier molecular flexibility index (Phi) is 5.16. The van der Waals surface area contributed by atoms with Gasteiger partial charge >= 0.3 is 0 Å². The Morgan fingerprint density at radius 3 is 2.65 bits per heavy atom. The van der Waals surface area contributed by atoms with E-state index < -0.39 is 0 Å². The second-order valence-electron chi connectivity index (χ2n) is 6.67. The van der Waals surface area contributed by atoms with Crippen LogP contribution in [0.3, 0.4) is 0 Å². The lowest BCUT2D eigenvalue weighted by molar-refractivity contribution is -0.121. The average molecular weight is 349 g/mol. The molecule has 5 nitrogen and oxygen atoms in total. The number of aromatic amines is 1. The van der Waals surface area contributed by atoms with Crippen molar-refractivity contribution in [1.29, 1.82) is 0 Å². The predicted molar refractivity (Wildman–Crippen MR) is 102 cm³/mol. The summed E-state index contributed by atoms with van der Waals surface area (Å²) < 4.78 is 0. The van der Waals surface area contributed by atoms with E-state index in [1.54, 1.807) is 0 Å². The molecular weight excluding hydrogens is 326 g/mol. The molecule has 1 aromatic heterocycles. The van der Waals surface area contributed by atoms with Gasteiger partial charge in [-0.3, -0.25) is 9.59 Å². The number of aromatic nitrogens is 2. The molecule has 3 rings (SSSR count). The molecule has 134 valence electrons. The molecule has 0 radical (unpaired) electrons. The van der Waals surface area contributed by atoms with E-state index in [2.05, 4.69) is 15.3 Å². The number of fused-ring (bicyclic) bond motifs is 1. The first-order valence-electron chi connectivity index (χ1n) is 8.78. The van der Waals surface area contributed by atoms with Crippen LogP contribution in [0.5, 0.6) is 0 Å². The van der Waals surface area contributed by atoms with Crippen LogP contribution in [0.1, 0.15) is 53.1 Å². The standard InChI is InChI=1S/C21H23N3O2/c1-13-8-9-14(2)16(12-13)19(25)10-11-20(26)22-15(3)21-23-17-6-4-5-7-18(17)24-21/h4-9,12,15H,10-11H2,1-3H3,(H,22,26)(H,23,24). The molecule has 0 spiro atoms. The Labute approximate surface area is 152 Å². The van der Waals surface area contributed by atoms with Crippen molar-refractivity contribution in [2.24, 2.45) is 0 Å². The summed E-state index contributed by atoms with van der Waals surface area (Å²) in [7, 11) is 0. The summed E-state index contributed by atoms with van der Waals surface area (Å²) in [6, 6.07) is 13.3. The van der Waals surface area contributed by atoms with Gasteiger partial charge in [0.1, 0.15) is 5.82 Å². The van der Waals surface area contributed by atoms with Gasteiger partial charge in [0.25, 0.3) is 0 Å². The van der Waals surface area contributed by atoms with Crippen LogP contribution in [0.25, 0.3) is 11.0 Å². The summed E-state index contributed by atoms with van der Waals surface area (Å²) in [5, 5.41) is 2.91. The van der Waals surface area contributed by atoms with Gasteiger partial charge in [-0.1, -0.05) is 29.8 Å². The summed E-state index contributed by atoms with van der Waals surface area (Å²) in [4.78, 5) is 32.3. The maximum absolute atomic E-state index is 12.4. The van der Waals surface area contributed by atoms with Gasteiger partial charge in [-0.25, -0.2) is 4.98 Å². The van der Waals surface area contributed by atoms with Gasteiger partial charge in [0, 0.05) is 18.4 Å². The van der Waals surface area contributed by atoms with Crippen molar-refractivity contribution < 1.29 is 9.59 Å². The summed E-state index contributed by atoms with van der Waals surface area (Å²) in [5.74, 6) is 0.551. The van der Waals surface area contributed by atoms with Crippen LogP contribution in [0.15, 0.2) is 42.5 Å². The first kappa shape index (κ1) is 17.9. The van der Waals surface area contributed by atoms with Crippen molar-refractivity contribution in [3.63, 3.8) is 0 Å². The number of nitrogens with zero attached hydrogens (tertiary/aromatic N) is 1. The first-order chi connectivity index (χ1) is 12.4. The minimum atomic E-state index is -0.245. The summed E-state index contributed by atoms with van der Waals surface area (Å²) >= 11 is 0. The van der Waals surface area contributed by atoms with Crippen LogP contribution in [0.4, 0.5) is 0 Å². The monoisotopic (exact) mass is 349 g/mol. The zero-order valence-electron chi connectivity index (χ0n) is 15.3. The lowest BCUT2D eigenvalue weighted by atomic mass is 9.99. The van der Waals surface area contributed by atoms with Gasteiger partial charge in [-0.05, 0) is 44.5 Å². The van der Waals surface area contributed by atoms with Gasteiger partial charge in [-0.15, -0.1) is 0 Å². The predicted octanol–water partition coefficient (Wildman–Crippen LogP) is 4.02. The largest absolute Gasteiger partial charge is 0.346 e. The van der Waals surface area contributed by atoms with Crippen molar-refractivity contribution in [2.45, 2.75) is 39.7 Å². The molecule has 1 atom stereocenters. The first-order valence-corrected chi connectivity index (χ1v) is 8.78. The summed E-state index contributed by atoms with van der Waals surface area (Å²) in [6.45, 7) is 5.75. The normalized spacial score (nSPS) is 12.1. The van der Waals surface area contributed by atoms with E-state index in [0.717, 1.165) is 22.2 Å². The van der Waals surface area contributed by atoms with Crippen molar-refractivity contribution in [1.82, 2.24) is 15.3 Å². The fraction of sp³-hybridized carbons (Fsp3) is 0.286. The van der Waals surface area contributed by atoms with E-state index in [1.807, 2.05) is 63.2 Å². The van der Waals surface area contributed by atoms with Crippen molar-refractivity contribution >= 4 is 22.7 Å². The number of hydrogen-bond acceptors (Lipinski definition) is 3. The lowest BCUT2D eigenvalue weighted by Crippen LogP contribution is -2.27. The molecule has 3 aromatic rings. The molecule has 2 N–H and O–H groups in total. The van der Waals surface area contributed by atoms with Crippen molar-refractivity contribution in [3.05, 3.63) is 65.0 Å². The number of imidazole rings is 1. The third-order valence-electron chi connectivity index (χ3n) is 4.47. The molecule has 1 heterocycles. The van der Waals surface area contributed by atoms with E-state index in [-0.39, 0.29) is 30.6 Å². The maximum atomic E-state index is 12.4. The van der Waals surface area contributed by atoms with E-state index >= 15 is 0 Å². The number of aryl methyl sites for hydroxylation is 2. The highest BCUT2D eigenvalue weighted by molar-refractivity contribution is 5.99. The molecule has 0 saturated carbocycles. The highest BCUT2D eigenvalue weighted by atomic mass is 16.2. The number of carbonyl (C=O) groups excluding carboxylic acids is 2. The second-order valence-corrected chi connectivity index (χ2v) is 6.67. The van der Waals surface area contributed by atoms with E-state index in [4.69, 9.17) is 0 Å². The zero-order chi connectivity index (χ0) is 18.7. The Balaban J connectivity index is 1.58. The van der Waals surface area contributed by atoms with Crippen LogP contribution >= 0.6 is 0 Å². The maximum Gasteiger partial charge on any atom is 0.221 e.